The van der Waals surface area contributed by atoms with Gasteiger partial charge in [0.25, 0.3) is 5.91 Å². The van der Waals surface area contributed by atoms with Crippen LogP contribution in [0.25, 0.3) is 5.82 Å². The van der Waals surface area contributed by atoms with Crippen molar-refractivity contribution in [3.63, 3.8) is 0 Å². The monoisotopic (exact) mass is 610 g/mol. The van der Waals surface area contributed by atoms with Crippen molar-refractivity contribution in [2.45, 2.75) is 13.3 Å². The highest BCUT2D eigenvalue weighted by Gasteiger charge is 2.29. The molecule has 7 nitrogen and oxygen atoms in total. The number of pyridine rings is 1. The van der Waals surface area contributed by atoms with E-state index in [0.29, 0.717) is 20.5 Å². The van der Waals surface area contributed by atoms with E-state index in [1.807, 2.05) is 6.92 Å². The number of aromatic carboxylic acids is 1. The van der Waals surface area contributed by atoms with Crippen LogP contribution < -0.4 is 4.90 Å². The van der Waals surface area contributed by atoms with Crippen molar-refractivity contribution in [2.75, 3.05) is 11.4 Å². The lowest BCUT2D eigenvalue weighted by Gasteiger charge is -2.25. The number of carbonyl (C=O) groups excluding carboxylic acids is 1. The van der Waals surface area contributed by atoms with E-state index in [9.17, 15) is 14.7 Å². The first-order valence-electron chi connectivity index (χ1n) is 8.65. The minimum Gasteiger partial charge on any atom is -0.478 e. The average Bonchev–Trinajstić information content (AvgIpc) is 3.07. The van der Waals surface area contributed by atoms with Crippen LogP contribution in [0.3, 0.4) is 0 Å². The van der Waals surface area contributed by atoms with Gasteiger partial charge in [0.1, 0.15) is 10.3 Å². The van der Waals surface area contributed by atoms with Crippen LogP contribution in [-0.2, 0) is 0 Å². The minimum absolute atomic E-state index is 0. The third-order valence-corrected chi connectivity index (χ3v) is 5.56. The van der Waals surface area contributed by atoms with E-state index in [2.05, 4.69) is 41.9 Å². The first-order chi connectivity index (χ1) is 14.2. The summed E-state index contributed by atoms with van der Waals surface area (Å²) >= 11 is 18.9. The molecule has 1 aromatic carbocycles. The van der Waals surface area contributed by atoms with Gasteiger partial charge in [-0.05, 0) is 62.5 Å². The standard InChI is InChI=1S/C19H14Br2Cl2N4O3.ClH/c1-2-6-26(16-11(19(29)30)7-10(22)8-12(16)20)18(28)14-9-15(21)25-27(14)17-13(23)4-3-5-24-17;/h3-5,7-9H,2,6H2,1H3,(H,29,30);1H. The number of carbonyl (C=O) groups is 2. The quantitative estimate of drug-likeness (QED) is 0.354. The largest absolute Gasteiger partial charge is 0.478 e. The second-order valence-electron chi connectivity index (χ2n) is 6.12. The van der Waals surface area contributed by atoms with Gasteiger partial charge in [-0.1, -0.05) is 30.1 Å². The second kappa shape index (κ2) is 10.8. The first-order valence-corrected chi connectivity index (χ1v) is 11.0. The zero-order valence-electron chi connectivity index (χ0n) is 15.9. The Morgan fingerprint density at radius 1 is 1.23 bits per heavy atom. The molecule has 0 spiro atoms. The molecule has 0 aliphatic rings. The second-order valence-corrected chi connectivity index (χ2v) is 8.63. The molecule has 0 unspecified atom stereocenters. The molecule has 164 valence electrons. The molecule has 3 aromatic rings. The number of benzene rings is 1. The maximum absolute atomic E-state index is 13.6. The van der Waals surface area contributed by atoms with Crippen molar-refractivity contribution < 1.29 is 14.7 Å². The first kappa shape index (κ1) is 25.6. The van der Waals surface area contributed by atoms with Gasteiger partial charge >= 0.3 is 5.97 Å². The number of halogens is 5. The van der Waals surface area contributed by atoms with Crippen LogP contribution in [0.2, 0.25) is 10.0 Å². The van der Waals surface area contributed by atoms with Gasteiger partial charge in [-0.2, -0.15) is 5.10 Å². The molecule has 2 aromatic heterocycles. The summed E-state index contributed by atoms with van der Waals surface area (Å²) < 4.78 is 2.11. The Morgan fingerprint density at radius 2 is 1.94 bits per heavy atom. The summed E-state index contributed by atoms with van der Waals surface area (Å²) in [6, 6.07) is 7.68. The molecular formula is C19H15Br2Cl3N4O3. The number of carboxylic acid groups (broad SMARTS) is 1. The van der Waals surface area contributed by atoms with E-state index in [-0.39, 0.29) is 46.7 Å². The molecule has 12 heteroatoms. The van der Waals surface area contributed by atoms with Gasteiger partial charge in [0.2, 0.25) is 0 Å². The highest BCUT2D eigenvalue weighted by atomic mass is 79.9. The fourth-order valence-electron chi connectivity index (χ4n) is 2.88. The maximum atomic E-state index is 13.6. The lowest BCUT2D eigenvalue weighted by atomic mass is 10.1. The Bertz CT molecular complexity index is 1140. The molecule has 0 bridgehead atoms. The molecule has 0 aliphatic carbocycles. The summed E-state index contributed by atoms with van der Waals surface area (Å²) in [6.07, 6.45) is 2.12. The van der Waals surface area contributed by atoms with Crippen molar-refractivity contribution in [1.82, 2.24) is 14.8 Å². The van der Waals surface area contributed by atoms with Crippen LogP contribution in [0.4, 0.5) is 5.69 Å². The number of rotatable bonds is 6. The van der Waals surface area contributed by atoms with Crippen LogP contribution in [0, 0.1) is 0 Å². The van der Waals surface area contributed by atoms with Crippen molar-refractivity contribution >= 4 is 85.0 Å². The molecule has 0 aliphatic heterocycles. The van der Waals surface area contributed by atoms with E-state index in [1.54, 1.807) is 18.2 Å². The molecule has 0 saturated heterocycles. The number of anilines is 1. The van der Waals surface area contributed by atoms with E-state index in [1.165, 1.54) is 27.9 Å². The van der Waals surface area contributed by atoms with Crippen molar-refractivity contribution in [3.05, 3.63) is 66.9 Å². The van der Waals surface area contributed by atoms with Crippen LogP contribution in [-0.4, -0.2) is 38.3 Å². The van der Waals surface area contributed by atoms with Crippen LogP contribution >= 0.6 is 67.5 Å². The number of hydrogen-bond acceptors (Lipinski definition) is 4. The van der Waals surface area contributed by atoms with Gasteiger partial charge in [0.05, 0.1) is 16.3 Å². The number of nitrogens with zero attached hydrogens (tertiary/aromatic N) is 4. The number of aromatic nitrogens is 3. The van der Waals surface area contributed by atoms with E-state index >= 15 is 0 Å². The molecule has 3 rings (SSSR count). The average molecular weight is 614 g/mol. The fraction of sp³-hybridized carbons (Fsp3) is 0.158. The Labute approximate surface area is 211 Å². The van der Waals surface area contributed by atoms with Gasteiger partial charge in [-0.15, -0.1) is 12.4 Å². The summed E-state index contributed by atoms with van der Waals surface area (Å²) in [7, 11) is 0. The lowest BCUT2D eigenvalue weighted by molar-refractivity contribution is 0.0697. The van der Waals surface area contributed by atoms with Gasteiger partial charge in [0.15, 0.2) is 5.82 Å². The van der Waals surface area contributed by atoms with E-state index in [4.69, 9.17) is 23.2 Å². The van der Waals surface area contributed by atoms with Gasteiger partial charge < -0.3 is 10.0 Å². The van der Waals surface area contributed by atoms with Crippen molar-refractivity contribution in [2.24, 2.45) is 0 Å². The molecule has 1 amide bonds. The Morgan fingerprint density at radius 3 is 2.55 bits per heavy atom. The van der Waals surface area contributed by atoms with Crippen LogP contribution in [0.1, 0.15) is 34.2 Å². The summed E-state index contributed by atoms with van der Waals surface area (Å²) in [5.41, 5.74) is 0.265. The number of carboxylic acids is 1. The third-order valence-electron chi connectivity index (χ3n) is 4.06. The smallest absolute Gasteiger partial charge is 0.337 e. The van der Waals surface area contributed by atoms with Gasteiger partial charge in [0, 0.05) is 28.3 Å². The predicted octanol–water partition coefficient (Wildman–Crippen LogP) is 6.28. The zero-order valence-corrected chi connectivity index (χ0v) is 21.4. The highest BCUT2D eigenvalue weighted by Crippen LogP contribution is 2.35. The topological polar surface area (TPSA) is 88.3 Å². The maximum Gasteiger partial charge on any atom is 0.337 e. The molecule has 2 heterocycles. The predicted molar refractivity (Wildman–Crippen MR) is 129 cm³/mol. The lowest BCUT2D eigenvalue weighted by Crippen LogP contribution is -2.35. The minimum atomic E-state index is -1.20. The zero-order chi connectivity index (χ0) is 22.0. The molecule has 1 N–H and O–H groups in total. The molecule has 0 saturated carbocycles. The number of hydrogen-bond donors (Lipinski definition) is 1. The normalized spacial score (nSPS) is 10.5. The molecular weight excluding hydrogens is 598 g/mol. The SMILES string of the molecule is CCCN(C(=O)c1cc(Br)nn1-c1ncccc1Cl)c1c(Br)cc(Cl)cc1C(=O)O.Cl. The number of amides is 1. The summed E-state index contributed by atoms with van der Waals surface area (Å²) in [4.78, 5) is 31.0. The molecule has 0 radical (unpaired) electrons. The third kappa shape index (κ3) is 5.40. The molecule has 0 atom stereocenters. The van der Waals surface area contributed by atoms with Crippen molar-refractivity contribution in [3.8, 4) is 5.82 Å². The van der Waals surface area contributed by atoms with Crippen molar-refractivity contribution in [1.29, 1.82) is 0 Å². The van der Waals surface area contributed by atoms with Gasteiger partial charge in [-0.3, -0.25) is 4.79 Å². The van der Waals surface area contributed by atoms with Crippen LogP contribution in [0.15, 0.2) is 45.6 Å². The molecule has 31 heavy (non-hydrogen) atoms. The molecule has 0 fully saturated rings. The summed E-state index contributed by atoms with van der Waals surface area (Å²) in [5, 5.41) is 14.5. The van der Waals surface area contributed by atoms with E-state index in [0.717, 1.165) is 0 Å². The summed E-state index contributed by atoms with van der Waals surface area (Å²) in [6.45, 7) is 2.14. The van der Waals surface area contributed by atoms with E-state index < -0.39 is 11.9 Å². The summed E-state index contributed by atoms with van der Waals surface area (Å²) in [5.74, 6) is -1.40. The van der Waals surface area contributed by atoms with Gasteiger partial charge in [-0.25, -0.2) is 14.5 Å². The Hall–Kier alpha value is -1.65. The Kier molecular flexibility index (Phi) is 8.91. The van der Waals surface area contributed by atoms with Crippen LogP contribution in [0.5, 0.6) is 0 Å². The highest BCUT2D eigenvalue weighted by molar-refractivity contribution is 9.10. The fourth-order valence-corrected chi connectivity index (χ4v) is 4.48. The Balaban J connectivity index is 0.00000341.